The highest BCUT2D eigenvalue weighted by atomic mass is 32.2. The summed E-state index contributed by atoms with van der Waals surface area (Å²) in [6.45, 7) is 4.12. The molecule has 0 saturated carbocycles. The van der Waals surface area contributed by atoms with Crippen molar-refractivity contribution >= 4 is 39.9 Å². The molecule has 0 N–H and O–H groups in total. The highest BCUT2D eigenvalue weighted by Crippen LogP contribution is 2.35. The number of hydrogen-bond acceptors (Lipinski definition) is 3. The molecule has 0 radical (unpaired) electrons. The summed E-state index contributed by atoms with van der Waals surface area (Å²) < 4.78 is 1.97. The van der Waals surface area contributed by atoms with Crippen LogP contribution in [0.25, 0.3) is 17.0 Å². The van der Waals surface area contributed by atoms with Gasteiger partial charge in [0.2, 0.25) is 0 Å². The molecule has 116 valence electrons. The van der Waals surface area contributed by atoms with E-state index in [0.29, 0.717) is 11.4 Å². The average Bonchev–Trinajstić information content (AvgIpc) is 2.99. The minimum atomic E-state index is -0.233. The fraction of sp³-hybridized carbons (Fsp3) is 0.222. The summed E-state index contributed by atoms with van der Waals surface area (Å²) in [5, 5.41) is 0.794. The van der Waals surface area contributed by atoms with Crippen molar-refractivity contribution in [3.63, 3.8) is 0 Å². The van der Waals surface area contributed by atoms with E-state index in [0.717, 1.165) is 28.2 Å². The van der Waals surface area contributed by atoms with E-state index in [1.807, 2.05) is 48.9 Å². The molecule has 0 atom stereocenters. The molecule has 23 heavy (non-hydrogen) atoms. The zero-order chi connectivity index (χ0) is 16.6. The first kappa shape index (κ1) is 15.4. The molecule has 0 bridgehead atoms. The van der Waals surface area contributed by atoms with Crippen LogP contribution in [-0.4, -0.2) is 26.7 Å². The number of rotatable bonds is 3. The Kier molecular flexibility index (Phi) is 4.01. The number of carbonyl (C=O) groups is 2. The van der Waals surface area contributed by atoms with Crippen molar-refractivity contribution in [3.05, 3.63) is 40.9 Å². The van der Waals surface area contributed by atoms with Crippen LogP contribution in [0.3, 0.4) is 0 Å². The summed E-state index contributed by atoms with van der Waals surface area (Å²) in [7, 11) is 0. The second-order valence-corrected chi connectivity index (χ2v) is 6.57. The smallest absolute Gasteiger partial charge is 0.293 e. The van der Waals surface area contributed by atoms with Crippen molar-refractivity contribution in [1.29, 1.82) is 0 Å². The van der Waals surface area contributed by atoms with Crippen LogP contribution in [0, 0.1) is 12.3 Å². The molecule has 2 heterocycles. The van der Waals surface area contributed by atoms with Gasteiger partial charge in [0.1, 0.15) is 0 Å². The van der Waals surface area contributed by atoms with Crippen LogP contribution >= 0.6 is 11.8 Å². The van der Waals surface area contributed by atoms with Crippen molar-refractivity contribution in [2.75, 3.05) is 0 Å². The molecule has 0 aliphatic carbocycles. The molecule has 5 heteroatoms. The maximum absolute atomic E-state index is 12.4. The fourth-order valence-corrected chi connectivity index (χ4v) is 3.64. The van der Waals surface area contributed by atoms with Crippen LogP contribution in [0.2, 0.25) is 0 Å². The van der Waals surface area contributed by atoms with Crippen LogP contribution in [0.15, 0.2) is 35.4 Å². The zero-order valence-corrected chi connectivity index (χ0v) is 13.8. The molecule has 1 aromatic heterocycles. The summed E-state index contributed by atoms with van der Waals surface area (Å²) >= 11 is 0.985. The van der Waals surface area contributed by atoms with Gasteiger partial charge in [-0.05, 0) is 37.8 Å². The first-order chi connectivity index (χ1) is 11.0. The lowest BCUT2D eigenvalue weighted by Crippen LogP contribution is -2.34. The summed E-state index contributed by atoms with van der Waals surface area (Å²) in [5.41, 5.74) is 1.91. The molecule has 1 saturated heterocycles. The SMILES string of the molecule is C#CCn1cc(/C=C2/SC(=O)N(C(C)C)C2=O)c2ccccc21. The molecule has 0 spiro atoms. The van der Waals surface area contributed by atoms with Gasteiger partial charge in [0, 0.05) is 28.7 Å². The number of thioether (sulfide) groups is 1. The van der Waals surface area contributed by atoms with Crippen molar-refractivity contribution in [2.45, 2.75) is 26.4 Å². The lowest BCUT2D eigenvalue weighted by atomic mass is 10.1. The van der Waals surface area contributed by atoms with Gasteiger partial charge in [0.25, 0.3) is 11.1 Å². The summed E-state index contributed by atoms with van der Waals surface area (Å²) in [4.78, 5) is 26.1. The van der Waals surface area contributed by atoms with E-state index in [2.05, 4.69) is 5.92 Å². The maximum atomic E-state index is 12.4. The molecule has 1 aromatic carbocycles. The van der Waals surface area contributed by atoms with Crippen LogP contribution in [0.5, 0.6) is 0 Å². The number of hydrogen-bond donors (Lipinski definition) is 0. The lowest BCUT2D eigenvalue weighted by Gasteiger charge is -2.16. The number of carbonyl (C=O) groups excluding carboxylic acids is 2. The Hall–Kier alpha value is -2.45. The molecule has 1 aliphatic heterocycles. The van der Waals surface area contributed by atoms with Gasteiger partial charge in [-0.1, -0.05) is 24.1 Å². The molecule has 0 unspecified atom stereocenters. The predicted octanol–water partition coefficient (Wildman–Crippen LogP) is 3.72. The Morgan fingerprint density at radius 3 is 2.70 bits per heavy atom. The second-order valence-electron chi connectivity index (χ2n) is 5.58. The van der Waals surface area contributed by atoms with Gasteiger partial charge in [-0.15, -0.1) is 6.42 Å². The van der Waals surface area contributed by atoms with E-state index in [-0.39, 0.29) is 17.2 Å². The van der Waals surface area contributed by atoms with Crippen LogP contribution in [0.4, 0.5) is 4.79 Å². The molecule has 1 fully saturated rings. The molecule has 4 nitrogen and oxygen atoms in total. The van der Waals surface area contributed by atoms with Gasteiger partial charge in [-0.2, -0.15) is 0 Å². The number of fused-ring (bicyclic) bond motifs is 1. The van der Waals surface area contributed by atoms with Gasteiger partial charge in [-0.3, -0.25) is 14.5 Å². The van der Waals surface area contributed by atoms with Crippen LogP contribution in [0.1, 0.15) is 19.4 Å². The van der Waals surface area contributed by atoms with Gasteiger partial charge in [0.05, 0.1) is 11.4 Å². The standard InChI is InChI=1S/C18H16N2O2S/c1-4-9-19-11-13(14-7-5-6-8-15(14)19)10-16-17(21)20(12(2)3)18(22)23-16/h1,5-8,10-12H,9H2,2-3H3/b16-10+. The number of para-hydroxylation sites is 1. The minimum Gasteiger partial charge on any atom is -0.335 e. The summed E-state index contributed by atoms with van der Waals surface area (Å²) in [5.74, 6) is 2.40. The number of nitrogens with zero attached hydrogens (tertiary/aromatic N) is 2. The lowest BCUT2D eigenvalue weighted by molar-refractivity contribution is -0.123. The van der Waals surface area contributed by atoms with Crippen LogP contribution < -0.4 is 0 Å². The summed E-state index contributed by atoms with van der Waals surface area (Å²) in [6.07, 6.45) is 9.13. The van der Waals surface area contributed by atoms with Gasteiger partial charge in [-0.25, -0.2) is 0 Å². The van der Waals surface area contributed by atoms with Crippen molar-refractivity contribution < 1.29 is 9.59 Å². The van der Waals surface area contributed by atoms with E-state index in [1.165, 1.54) is 4.90 Å². The highest BCUT2D eigenvalue weighted by molar-refractivity contribution is 8.18. The largest absolute Gasteiger partial charge is 0.335 e. The molecular weight excluding hydrogens is 308 g/mol. The van der Waals surface area contributed by atoms with Crippen molar-refractivity contribution in [2.24, 2.45) is 0 Å². The number of imide groups is 1. The van der Waals surface area contributed by atoms with Gasteiger partial charge in [0.15, 0.2) is 0 Å². The Labute approximate surface area is 139 Å². The highest BCUT2D eigenvalue weighted by Gasteiger charge is 2.36. The second kappa shape index (κ2) is 5.98. The zero-order valence-electron chi connectivity index (χ0n) is 12.9. The van der Waals surface area contributed by atoms with E-state index in [1.54, 1.807) is 6.08 Å². The fourth-order valence-electron chi connectivity index (χ4n) is 2.69. The van der Waals surface area contributed by atoms with E-state index in [9.17, 15) is 9.59 Å². The Balaban J connectivity index is 2.07. The normalized spacial score (nSPS) is 16.8. The third-order valence-electron chi connectivity index (χ3n) is 3.71. The van der Waals surface area contributed by atoms with E-state index in [4.69, 9.17) is 6.42 Å². The third kappa shape index (κ3) is 2.66. The van der Waals surface area contributed by atoms with Crippen molar-refractivity contribution in [1.82, 2.24) is 9.47 Å². The number of terminal acetylenes is 1. The van der Waals surface area contributed by atoms with Crippen molar-refractivity contribution in [3.8, 4) is 12.3 Å². The van der Waals surface area contributed by atoms with Gasteiger partial charge < -0.3 is 4.57 Å². The monoisotopic (exact) mass is 324 g/mol. The van der Waals surface area contributed by atoms with E-state index < -0.39 is 0 Å². The molecule has 2 amide bonds. The first-order valence-electron chi connectivity index (χ1n) is 7.31. The number of benzene rings is 1. The van der Waals surface area contributed by atoms with Crippen LogP contribution in [-0.2, 0) is 11.3 Å². The Morgan fingerprint density at radius 2 is 2.04 bits per heavy atom. The molecular formula is C18H16N2O2S. The third-order valence-corrected chi connectivity index (χ3v) is 4.59. The topological polar surface area (TPSA) is 42.3 Å². The maximum Gasteiger partial charge on any atom is 0.293 e. The molecule has 2 aromatic rings. The number of amides is 2. The first-order valence-corrected chi connectivity index (χ1v) is 8.13. The minimum absolute atomic E-state index is 0.142. The molecule has 3 rings (SSSR count). The predicted molar refractivity (Wildman–Crippen MR) is 93.7 cm³/mol. The number of aromatic nitrogens is 1. The van der Waals surface area contributed by atoms with E-state index >= 15 is 0 Å². The average molecular weight is 324 g/mol. The molecule has 1 aliphatic rings. The Bertz CT molecular complexity index is 871. The summed E-state index contributed by atoms with van der Waals surface area (Å²) in [6, 6.07) is 7.73. The quantitative estimate of drug-likeness (QED) is 0.638. The Morgan fingerprint density at radius 1 is 1.30 bits per heavy atom. The van der Waals surface area contributed by atoms with Gasteiger partial charge >= 0.3 is 0 Å².